The van der Waals surface area contributed by atoms with Crippen LogP contribution in [-0.2, 0) is 9.59 Å². The molecule has 1 fully saturated rings. The van der Waals surface area contributed by atoms with Gasteiger partial charge in [-0.25, -0.2) is 0 Å². The van der Waals surface area contributed by atoms with E-state index in [4.69, 9.17) is 17.3 Å². The molecule has 0 spiro atoms. The standard InChI is InChI=1S/C14H17ClN4O4/c15-11-7-10(19(22)23)2-3-12(11)17-4-1-5-18-8-9(14(16)21)6-13(18)20/h2-3,7,9,17H,1,4-6,8H2,(H2,16,21)/t9-/m1/s1. The van der Waals surface area contributed by atoms with Crippen LogP contribution in [0.15, 0.2) is 18.2 Å². The molecule has 8 nitrogen and oxygen atoms in total. The van der Waals surface area contributed by atoms with Crippen molar-refractivity contribution in [2.75, 3.05) is 25.0 Å². The van der Waals surface area contributed by atoms with Crippen LogP contribution in [0.5, 0.6) is 0 Å². The van der Waals surface area contributed by atoms with E-state index in [9.17, 15) is 19.7 Å². The number of benzene rings is 1. The number of nitrogens with two attached hydrogens (primary N) is 1. The first-order valence-corrected chi connectivity index (χ1v) is 7.51. The maximum absolute atomic E-state index is 11.7. The number of primary amides is 1. The summed E-state index contributed by atoms with van der Waals surface area (Å²) in [6.07, 6.45) is 0.835. The number of amides is 2. The Hall–Kier alpha value is -2.35. The molecule has 1 atom stereocenters. The predicted octanol–water partition coefficient (Wildman–Crippen LogP) is 1.38. The Labute approximate surface area is 137 Å². The van der Waals surface area contributed by atoms with Gasteiger partial charge in [-0.2, -0.15) is 0 Å². The van der Waals surface area contributed by atoms with Gasteiger partial charge in [0, 0.05) is 38.2 Å². The molecule has 2 amide bonds. The third-order valence-corrected chi connectivity index (χ3v) is 4.01. The molecule has 124 valence electrons. The molecule has 0 saturated carbocycles. The molecule has 1 heterocycles. The van der Waals surface area contributed by atoms with E-state index >= 15 is 0 Å². The highest BCUT2D eigenvalue weighted by Gasteiger charge is 2.32. The summed E-state index contributed by atoms with van der Waals surface area (Å²) in [6, 6.07) is 4.20. The van der Waals surface area contributed by atoms with E-state index in [1.54, 1.807) is 11.0 Å². The van der Waals surface area contributed by atoms with Crippen LogP contribution in [0.1, 0.15) is 12.8 Å². The first-order chi connectivity index (χ1) is 10.9. The lowest BCUT2D eigenvalue weighted by molar-refractivity contribution is -0.384. The molecule has 0 radical (unpaired) electrons. The molecule has 0 bridgehead atoms. The highest BCUT2D eigenvalue weighted by Crippen LogP contribution is 2.26. The Bertz CT molecular complexity index is 637. The fourth-order valence-corrected chi connectivity index (χ4v) is 2.67. The van der Waals surface area contributed by atoms with Gasteiger partial charge in [0.15, 0.2) is 0 Å². The van der Waals surface area contributed by atoms with E-state index in [0.29, 0.717) is 31.7 Å². The molecular formula is C14H17ClN4O4. The average Bonchev–Trinajstić information content (AvgIpc) is 2.86. The quantitative estimate of drug-likeness (QED) is 0.441. The van der Waals surface area contributed by atoms with Crippen LogP contribution in [0.25, 0.3) is 0 Å². The lowest BCUT2D eigenvalue weighted by Gasteiger charge is -2.16. The molecular weight excluding hydrogens is 324 g/mol. The Balaban J connectivity index is 1.79. The first kappa shape index (κ1) is 17.0. The first-order valence-electron chi connectivity index (χ1n) is 7.13. The number of nitrogens with one attached hydrogen (secondary N) is 1. The predicted molar refractivity (Wildman–Crippen MR) is 85.1 cm³/mol. The van der Waals surface area contributed by atoms with Crippen LogP contribution in [-0.4, -0.2) is 41.3 Å². The van der Waals surface area contributed by atoms with Crippen molar-refractivity contribution in [1.82, 2.24) is 4.90 Å². The molecule has 1 aromatic rings. The van der Waals surface area contributed by atoms with Gasteiger partial charge in [0.25, 0.3) is 5.69 Å². The summed E-state index contributed by atoms with van der Waals surface area (Å²) >= 11 is 5.97. The minimum Gasteiger partial charge on any atom is -0.384 e. The number of hydrogen-bond acceptors (Lipinski definition) is 5. The van der Waals surface area contributed by atoms with Crippen molar-refractivity contribution in [3.05, 3.63) is 33.3 Å². The summed E-state index contributed by atoms with van der Waals surface area (Å²) in [7, 11) is 0. The molecule has 1 saturated heterocycles. The molecule has 0 aromatic heterocycles. The molecule has 0 unspecified atom stereocenters. The van der Waals surface area contributed by atoms with Crippen molar-refractivity contribution >= 4 is 34.8 Å². The number of halogens is 1. The molecule has 2 rings (SSSR count). The summed E-state index contributed by atoms with van der Waals surface area (Å²) in [5.41, 5.74) is 5.74. The van der Waals surface area contributed by atoms with Gasteiger partial charge in [0.2, 0.25) is 11.8 Å². The van der Waals surface area contributed by atoms with Crippen molar-refractivity contribution in [3.63, 3.8) is 0 Å². The Kier molecular flexibility index (Phi) is 5.38. The van der Waals surface area contributed by atoms with Gasteiger partial charge in [-0.3, -0.25) is 19.7 Å². The van der Waals surface area contributed by atoms with E-state index in [1.165, 1.54) is 12.1 Å². The zero-order valence-corrected chi connectivity index (χ0v) is 13.1. The number of likely N-dealkylation sites (tertiary alicyclic amines) is 1. The van der Waals surface area contributed by atoms with Gasteiger partial charge in [0.1, 0.15) is 0 Å². The zero-order chi connectivity index (χ0) is 17.0. The number of anilines is 1. The fraction of sp³-hybridized carbons (Fsp3) is 0.429. The van der Waals surface area contributed by atoms with Crippen LogP contribution >= 0.6 is 11.6 Å². The van der Waals surface area contributed by atoms with E-state index in [2.05, 4.69) is 5.32 Å². The third-order valence-electron chi connectivity index (χ3n) is 3.70. The second kappa shape index (κ2) is 7.28. The Morgan fingerprint density at radius 2 is 2.26 bits per heavy atom. The van der Waals surface area contributed by atoms with Gasteiger partial charge < -0.3 is 16.0 Å². The zero-order valence-electron chi connectivity index (χ0n) is 12.3. The fourth-order valence-electron chi connectivity index (χ4n) is 2.43. The maximum atomic E-state index is 11.7. The molecule has 9 heteroatoms. The van der Waals surface area contributed by atoms with Crippen molar-refractivity contribution in [3.8, 4) is 0 Å². The van der Waals surface area contributed by atoms with Gasteiger partial charge in [0.05, 0.1) is 21.6 Å². The monoisotopic (exact) mass is 340 g/mol. The average molecular weight is 341 g/mol. The second-order valence-corrected chi connectivity index (χ2v) is 5.75. The summed E-state index contributed by atoms with van der Waals surface area (Å²) in [5.74, 6) is -0.918. The number of non-ortho nitro benzene ring substituents is 1. The lowest BCUT2D eigenvalue weighted by Crippen LogP contribution is -2.30. The topological polar surface area (TPSA) is 119 Å². The summed E-state index contributed by atoms with van der Waals surface area (Å²) in [6.45, 7) is 1.43. The number of nitrogens with zero attached hydrogens (tertiary/aromatic N) is 2. The van der Waals surface area contributed by atoms with Crippen LogP contribution < -0.4 is 11.1 Å². The third kappa shape index (κ3) is 4.32. The van der Waals surface area contributed by atoms with E-state index in [1.807, 2.05) is 0 Å². The molecule has 1 aromatic carbocycles. The number of carbonyl (C=O) groups excluding carboxylic acids is 2. The van der Waals surface area contributed by atoms with Crippen molar-refractivity contribution < 1.29 is 14.5 Å². The number of nitro benzene ring substituents is 1. The van der Waals surface area contributed by atoms with Crippen molar-refractivity contribution in [1.29, 1.82) is 0 Å². The lowest BCUT2D eigenvalue weighted by atomic mass is 10.1. The highest BCUT2D eigenvalue weighted by molar-refractivity contribution is 6.33. The highest BCUT2D eigenvalue weighted by atomic mass is 35.5. The largest absolute Gasteiger partial charge is 0.384 e. The normalized spacial score (nSPS) is 17.3. The number of carbonyl (C=O) groups is 2. The second-order valence-electron chi connectivity index (χ2n) is 5.34. The van der Waals surface area contributed by atoms with Crippen molar-refractivity contribution in [2.24, 2.45) is 11.7 Å². The minimum absolute atomic E-state index is 0.0674. The number of nitro groups is 1. The van der Waals surface area contributed by atoms with Gasteiger partial charge in [-0.1, -0.05) is 11.6 Å². The van der Waals surface area contributed by atoms with E-state index < -0.39 is 16.7 Å². The van der Waals surface area contributed by atoms with Crippen LogP contribution in [0.2, 0.25) is 5.02 Å². The van der Waals surface area contributed by atoms with Crippen LogP contribution in [0.4, 0.5) is 11.4 Å². The Morgan fingerprint density at radius 3 is 2.83 bits per heavy atom. The van der Waals surface area contributed by atoms with Gasteiger partial charge in [-0.05, 0) is 12.5 Å². The van der Waals surface area contributed by atoms with Crippen LogP contribution in [0, 0.1) is 16.0 Å². The molecule has 1 aliphatic heterocycles. The smallest absolute Gasteiger partial charge is 0.271 e. The molecule has 0 aliphatic carbocycles. The summed E-state index contributed by atoms with van der Waals surface area (Å²) in [5, 5.41) is 14.0. The van der Waals surface area contributed by atoms with E-state index in [-0.39, 0.29) is 23.0 Å². The van der Waals surface area contributed by atoms with Crippen LogP contribution in [0.3, 0.4) is 0 Å². The summed E-state index contributed by atoms with van der Waals surface area (Å²) < 4.78 is 0. The molecule has 1 aliphatic rings. The van der Waals surface area contributed by atoms with E-state index in [0.717, 1.165) is 0 Å². The minimum atomic E-state index is -0.510. The maximum Gasteiger partial charge on any atom is 0.271 e. The van der Waals surface area contributed by atoms with Gasteiger partial charge >= 0.3 is 0 Å². The Morgan fingerprint density at radius 1 is 1.52 bits per heavy atom. The SMILES string of the molecule is NC(=O)[C@@H]1CC(=O)N(CCCNc2ccc([N+](=O)[O-])cc2Cl)C1. The molecule has 3 N–H and O–H groups in total. The molecule has 23 heavy (non-hydrogen) atoms. The van der Waals surface area contributed by atoms with Gasteiger partial charge in [-0.15, -0.1) is 0 Å². The number of rotatable bonds is 7. The van der Waals surface area contributed by atoms with Crippen molar-refractivity contribution in [2.45, 2.75) is 12.8 Å². The number of hydrogen-bond donors (Lipinski definition) is 2. The summed E-state index contributed by atoms with van der Waals surface area (Å²) in [4.78, 5) is 34.6.